The second kappa shape index (κ2) is 4.30. The predicted molar refractivity (Wildman–Crippen MR) is 52.0 cm³/mol. The quantitative estimate of drug-likeness (QED) is 0.644. The second-order valence-corrected chi connectivity index (χ2v) is 4.57. The lowest BCUT2D eigenvalue weighted by Gasteiger charge is -2.06. The van der Waals surface area contributed by atoms with E-state index in [9.17, 15) is 27.3 Å². The van der Waals surface area contributed by atoms with Gasteiger partial charge in [-0.3, -0.25) is 10.1 Å². The van der Waals surface area contributed by atoms with Crippen molar-refractivity contribution in [3.05, 3.63) is 27.4 Å². The van der Waals surface area contributed by atoms with Crippen LogP contribution in [0, 0.1) is 17.0 Å². The molecular weight excluding hydrogens is 260 g/mol. The number of hydrogen-bond donors (Lipinski definition) is 1. The standard InChI is InChI=1S/C7H7F2N3O4S/c1-3-4(6(8)9)2-5(12(13)14)7(11-3)17(10,15)16/h2,6H,1H3,(H2,10,15,16). The van der Waals surface area contributed by atoms with E-state index in [0.29, 0.717) is 6.07 Å². The molecule has 7 nitrogen and oxygen atoms in total. The van der Waals surface area contributed by atoms with Crippen molar-refractivity contribution in [2.75, 3.05) is 0 Å². The highest BCUT2D eigenvalue weighted by molar-refractivity contribution is 7.89. The number of primary sulfonamides is 1. The van der Waals surface area contributed by atoms with Crippen LogP contribution in [0.15, 0.2) is 11.1 Å². The van der Waals surface area contributed by atoms with Gasteiger partial charge in [0.2, 0.25) is 5.03 Å². The topological polar surface area (TPSA) is 116 Å². The first-order valence-corrected chi connectivity index (χ1v) is 5.66. The molecule has 0 saturated heterocycles. The maximum atomic E-state index is 12.5. The lowest BCUT2D eigenvalue weighted by Crippen LogP contribution is -2.17. The molecule has 0 aromatic carbocycles. The SMILES string of the molecule is Cc1nc(S(N)(=O)=O)c([N+](=O)[O-])cc1C(F)F. The lowest BCUT2D eigenvalue weighted by atomic mass is 10.2. The van der Waals surface area contributed by atoms with E-state index in [2.05, 4.69) is 4.98 Å². The normalized spacial score (nSPS) is 11.8. The van der Waals surface area contributed by atoms with Gasteiger partial charge in [-0.1, -0.05) is 0 Å². The number of sulfonamides is 1. The fourth-order valence-corrected chi connectivity index (χ4v) is 1.84. The third kappa shape index (κ3) is 2.71. The average molecular weight is 267 g/mol. The van der Waals surface area contributed by atoms with Crippen LogP contribution in [-0.4, -0.2) is 18.3 Å². The zero-order valence-corrected chi connectivity index (χ0v) is 9.24. The molecule has 0 fully saturated rings. The third-order valence-corrected chi connectivity index (χ3v) is 2.74. The van der Waals surface area contributed by atoms with Crippen molar-refractivity contribution in [1.29, 1.82) is 0 Å². The van der Waals surface area contributed by atoms with Crippen LogP contribution in [-0.2, 0) is 10.0 Å². The van der Waals surface area contributed by atoms with Crippen molar-refractivity contribution in [3.63, 3.8) is 0 Å². The maximum Gasteiger partial charge on any atom is 0.308 e. The largest absolute Gasteiger partial charge is 0.308 e. The van der Waals surface area contributed by atoms with Gasteiger partial charge in [0.15, 0.2) is 0 Å². The Morgan fingerprint density at radius 2 is 2.06 bits per heavy atom. The molecule has 0 radical (unpaired) electrons. The van der Waals surface area contributed by atoms with Crippen molar-refractivity contribution in [2.24, 2.45) is 5.14 Å². The van der Waals surface area contributed by atoms with Gasteiger partial charge >= 0.3 is 5.69 Å². The summed E-state index contributed by atoms with van der Waals surface area (Å²) in [6.07, 6.45) is -2.99. The molecule has 0 aliphatic heterocycles. The van der Waals surface area contributed by atoms with Crippen molar-refractivity contribution < 1.29 is 22.1 Å². The minimum Gasteiger partial charge on any atom is -0.258 e. The number of nitro groups is 1. The van der Waals surface area contributed by atoms with Crippen LogP contribution in [0.2, 0.25) is 0 Å². The van der Waals surface area contributed by atoms with E-state index in [4.69, 9.17) is 5.14 Å². The molecule has 2 N–H and O–H groups in total. The summed E-state index contributed by atoms with van der Waals surface area (Å²) in [4.78, 5) is 12.7. The van der Waals surface area contributed by atoms with Crippen molar-refractivity contribution in [2.45, 2.75) is 18.4 Å². The Morgan fingerprint density at radius 1 is 1.53 bits per heavy atom. The van der Waals surface area contributed by atoms with Crippen LogP contribution in [0.1, 0.15) is 17.7 Å². The number of pyridine rings is 1. The first-order valence-electron chi connectivity index (χ1n) is 4.11. The first-order chi connectivity index (χ1) is 7.64. The molecule has 0 spiro atoms. The van der Waals surface area contributed by atoms with Gasteiger partial charge < -0.3 is 0 Å². The fraction of sp³-hybridized carbons (Fsp3) is 0.286. The molecule has 94 valence electrons. The number of aryl methyl sites for hydroxylation is 1. The minimum atomic E-state index is -4.44. The molecule has 1 rings (SSSR count). The molecule has 1 aromatic rings. The number of nitrogens with two attached hydrogens (primary N) is 1. The number of hydrogen-bond acceptors (Lipinski definition) is 5. The Balaban J connectivity index is 3.65. The monoisotopic (exact) mass is 267 g/mol. The Labute approximate surface area is 94.5 Å². The summed E-state index contributed by atoms with van der Waals surface area (Å²) in [5.41, 5.74) is -2.09. The Kier molecular flexibility index (Phi) is 3.38. The Bertz CT molecular complexity index is 573. The predicted octanol–water partition coefficient (Wildman–Crippen LogP) is 0.883. The molecule has 0 aliphatic carbocycles. The van der Waals surface area contributed by atoms with E-state index < -0.39 is 37.6 Å². The number of rotatable bonds is 3. The molecule has 1 heterocycles. The van der Waals surface area contributed by atoms with Crippen LogP contribution in [0.3, 0.4) is 0 Å². The van der Waals surface area contributed by atoms with E-state index in [-0.39, 0.29) is 5.69 Å². The van der Waals surface area contributed by atoms with Gasteiger partial charge in [0.05, 0.1) is 4.92 Å². The van der Waals surface area contributed by atoms with Gasteiger partial charge in [-0.2, -0.15) is 0 Å². The van der Waals surface area contributed by atoms with Gasteiger partial charge in [0, 0.05) is 17.3 Å². The first kappa shape index (κ1) is 13.4. The molecule has 0 atom stereocenters. The van der Waals surface area contributed by atoms with Crippen LogP contribution in [0.25, 0.3) is 0 Å². The van der Waals surface area contributed by atoms with E-state index in [1.165, 1.54) is 0 Å². The number of nitrogens with zero attached hydrogens (tertiary/aromatic N) is 2. The van der Waals surface area contributed by atoms with Gasteiger partial charge in [-0.15, -0.1) is 0 Å². The molecular formula is C7H7F2N3O4S. The minimum absolute atomic E-state index is 0.324. The van der Waals surface area contributed by atoms with Gasteiger partial charge in [-0.25, -0.2) is 27.3 Å². The zero-order chi connectivity index (χ0) is 13.4. The van der Waals surface area contributed by atoms with Crippen molar-refractivity contribution in [3.8, 4) is 0 Å². The maximum absolute atomic E-state index is 12.5. The number of alkyl halides is 2. The molecule has 0 aliphatic rings. The van der Waals surface area contributed by atoms with E-state index in [1.807, 2.05) is 0 Å². The smallest absolute Gasteiger partial charge is 0.258 e. The average Bonchev–Trinajstić information content (AvgIpc) is 2.14. The summed E-state index contributed by atoms with van der Waals surface area (Å²) in [6, 6.07) is 0.465. The highest BCUT2D eigenvalue weighted by Gasteiger charge is 2.28. The van der Waals surface area contributed by atoms with Gasteiger partial charge in [-0.05, 0) is 6.92 Å². The highest BCUT2D eigenvalue weighted by Crippen LogP contribution is 2.29. The second-order valence-electron chi connectivity index (χ2n) is 3.09. The third-order valence-electron chi connectivity index (χ3n) is 1.90. The summed E-state index contributed by atoms with van der Waals surface area (Å²) in [6.45, 7) is 1.11. The van der Waals surface area contributed by atoms with Crippen LogP contribution < -0.4 is 5.14 Å². The molecule has 17 heavy (non-hydrogen) atoms. The van der Waals surface area contributed by atoms with Crippen LogP contribution >= 0.6 is 0 Å². The fourth-order valence-electron chi connectivity index (χ4n) is 1.15. The number of halogens is 2. The summed E-state index contributed by atoms with van der Waals surface area (Å²) in [7, 11) is -4.44. The van der Waals surface area contributed by atoms with Gasteiger partial charge in [0.25, 0.3) is 16.4 Å². The lowest BCUT2D eigenvalue weighted by molar-refractivity contribution is -0.388. The molecule has 10 heteroatoms. The van der Waals surface area contributed by atoms with E-state index in [1.54, 1.807) is 0 Å². The highest BCUT2D eigenvalue weighted by atomic mass is 32.2. The Hall–Kier alpha value is -1.68. The van der Waals surface area contributed by atoms with Crippen LogP contribution in [0.5, 0.6) is 0 Å². The van der Waals surface area contributed by atoms with Crippen LogP contribution in [0.4, 0.5) is 14.5 Å². The molecule has 0 bridgehead atoms. The molecule has 0 saturated carbocycles. The Morgan fingerprint density at radius 3 is 2.41 bits per heavy atom. The van der Waals surface area contributed by atoms with E-state index >= 15 is 0 Å². The summed E-state index contributed by atoms with van der Waals surface area (Å²) >= 11 is 0. The zero-order valence-electron chi connectivity index (χ0n) is 8.42. The summed E-state index contributed by atoms with van der Waals surface area (Å²) in [5.74, 6) is 0. The van der Waals surface area contributed by atoms with Crippen molar-refractivity contribution >= 4 is 15.7 Å². The molecule has 0 unspecified atom stereocenters. The summed E-state index contributed by atoms with van der Waals surface area (Å²) in [5, 5.41) is 14.2. The molecule has 1 aromatic heterocycles. The van der Waals surface area contributed by atoms with Gasteiger partial charge in [0.1, 0.15) is 0 Å². The number of aromatic nitrogens is 1. The van der Waals surface area contributed by atoms with Crippen molar-refractivity contribution in [1.82, 2.24) is 4.98 Å². The molecule has 0 amide bonds. The summed E-state index contributed by atoms with van der Waals surface area (Å²) < 4.78 is 46.9. The van der Waals surface area contributed by atoms with E-state index in [0.717, 1.165) is 6.92 Å².